The van der Waals surface area contributed by atoms with Gasteiger partial charge in [-0.25, -0.2) is 17.5 Å². The lowest BCUT2D eigenvalue weighted by atomic mass is 10.2. The van der Waals surface area contributed by atoms with E-state index in [0.29, 0.717) is 5.69 Å². The Kier molecular flexibility index (Phi) is 6.46. The number of sulfonamides is 1. The molecular weight excluding hydrogens is 477 g/mol. The van der Waals surface area contributed by atoms with Crippen molar-refractivity contribution in [1.82, 2.24) is 20.6 Å². The number of nitrogens with one attached hydrogen (secondary N) is 3. The Morgan fingerprint density at radius 3 is 2.31 bits per heavy atom. The average Bonchev–Trinajstić information content (AvgIpc) is 3.26. The number of carbonyl (C=O) groups excluding carboxylic acids is 2. The summed E-state index contributed by atoms with van der Waals surface area (Å²) in [4.78, 5) is 24.6. The Balaban J connectivity index is 1.45. The number of hydrogen-bond acceptors (Lipinski definition) is 6. The van der Waals surface area contributed by atoms with Crippen LogP contribution in [0.5, 0.6) is 5.75 Å². The summed E-state index contributed by atoms with van der Waals surface area (Å²) in [6.45, 7) is 0. The fourth-order valence-corrected chi connectivity index (χ4v) is 4.15. The van der Waals surface area contributed by atoms with Crippen LogP contribution in [0.15, 0.2) is 90.0 Å². The van der Waals surface area contributed by atoms with Gasteiger partial charge < -0.3 is 5.11 Å². The fraction of sp³-hybridized carbons (Fsp3) is 0. The smallest absolute Gasteiger partial charge is 0.294 e. The number of aromatic nitrogens is 2. The van der Waals surface area contributed by atoms with Crippen LogP contribution in [0.2, 0.25) is 0 Å². The van der Waals surface area contributed by atoms with Crippen molar-refractivity contribution in [2.75, 3.05) is 4.72 Å². The van der Waals surface area contributed by atoms with E-state index in [9.17, 15) is 27.5 Å². The molecule has 10 nitrogen and oxygen atoms in total. The zero-order chi connectivity index (χ0) is 25.0. The first-order chi connectivity index (χ1) is 16.7. The first-order valence-corrected chi connectivity index (χ1v) is 11.5. The standard InChI is InChI=1S/C23H18FN5O5S/c24-18-11-4-5-12-19(18)28-35(33,34)17-10-6-7-15(13-17)22(31)25-26-23(32)21-20(30)14-29(27-21)16-8-2-1-3-9-16/h1-14,28,30H,(H,25,31)(H,26,32). The topological polar surface area (TPSA) is 142 Å². The van der Waals surface area contributed by atoms with Crippen LogP contribution in [0.25, 0.3) is 5.69 Å². The summed E-state index contributed by atoms with van der Waals surface area (Å²) in [6, 6.07) is 18.9. The van der Waals surface area contributed by atoms with Crippen molar-refractivity contribution in [3.8, 4) is 11.4 Å². The molecule has 4 aromatic rings. The molecule has 0 aliphatic heterocycles. The molecule has 0 spiro atoms. The maximum atomic E-state index is 13.8. The lowest BCUT2D eigenvalue weighted by Crippen LogP contribution is -2.41. The summed E-state index contributed by atoms with van der Waals surface area (Å²) in [6.07, 6.45) is 1.24. The molecule has 0 saturated carbocycles. The third kappa shape index (κ3) is 5.28. The highest BCUT2D eigenvalue weighted by molar-refractivity contribution is 7.92. The van der Waals surface area contributed by atoms with E-state index in [2.05, 4.69) is 20.7 Å². The number of benzene rings is 3. The van der Waals surface area contributed by atoms with E-state index in [4.69, 9.17) is 0 Å². The van der Waals surface area contributed by atoms with Gasteiger partial charge in [-0.3, -0.25) is 25.2 Å². The summed E-state index contributed by atoms with van der Waals surface area (Å²) < 4.78 is 42.5. The Labute approximate surface area is 199 Å². The minimum atomic E-state index is -4.20. The molecule has 178 valence electrons. The highest BCUT2D eigenvalue weighted by Crippen LogP contribution is 2.20. The van der Waals surface area contributed by atoms with Crippen molar-refractivity contribution in [1.29, 1.82) is 0 Å². The predicted octanol–water partition coefficient (Wildman–Crippen LogP) is 2.59. The van der Waals surface area contributed by atoms with Crippen LogP contribution in [-0.4, -0.2) is 35.1 Å². The molecule has 1 aromatic heterocycles. The quantitative estimate of drug-likeness (QED) is 0.303. The Hall–Kier alpha value is -4.71. The zero-order valence-corrected chi connectivity index (χ0v) is 18.7. The van der Waals surface area contributed by atoms with E-state index < -0.39 is 33.4 Å². The molecule has 2 amide bonds. The van der Waals surface area contributed by atoms with E-state index in [1.165, 1.54) is 47.3 Å². The van der Waals surface area contributed by atoms with Gasteiger partial charge >= 0.3 is 0 Å². The van der Waals surface area contributed by atoms with Gasteiger partial charge in [0, 0.05) is 5.56 Å². The first-order valence-electron chi connectivity index (χ1n) is 10.1. The second kappa shape index (κ2) is 9.65. The molecule has 4 rings (SSSR count). The molecule has 0 unspecified atom stereocenters. The van der Waals surface area contributed by atoms with E-state index in [1.54, 1.807) is 30.3 Å². The molecule has 0 aliphatic rings. The number of amides is 2. The number of aromatic hydroxyl groups is 1. The normalized spacial score (nSPS) is 11.0. The summed E-state index contributed by atoms with van der Waals surface area (Å²) in [5.74, 6) is -2.89. The lowest BCUT2D eigenvalue weighted by Gasteiger charge is -2.10. The van der Waals surface area contributed by atoms with Crippen LogP contribution in [0, 0.1) is 5.82 Å². The van der Waals surface area contributed by atoms with Gasteiger partial charge in [0.25, 0.3) is 21.8 Å². The van der Waals surface area contributed by atoms with Gasteiger partial charge in [0.15, 0.2) is 11.4 Å². The van der Waals surface area contributed by atoms with Gasteiger partial charge in [0.2, 0.25) is 0 Å². The number of anilines is 1. The Morgan fingerprint density at radius 2 is 1.57 bits per heavy atom. The maximum absolute atomic E-state index is 13.8. The van der Waals surface area contributed by atoms with Crippen LogP contribution in [0.3, 0.4) is 0 Å². The average molecular weight is 495 g/mol. The summed E-state index contributed by atoms with van der Waals surface area (Å²) in [7, 11) is -4.20. The van der Waals surface area contributed by atoms with Gasteiger partial charge in [-0.05, 0) is 42.5 Å². The third-order valence-electron chi connectivity index (χ3n) is 4.75. The molecule has 0 bridgehead atoms. The molecule has 1 heterocycles. The number of para-hydroxylation sites is 2. The fourth-order valence-electron chi connectivity index (χ4n) is 3.04. The number of hydrogen-bond donors (Lipinski definition) is 4. The molecule has 4 N–H and O–H groups in total. The van der Waals surface area contributed by atoms with Crippen molar-refractivity contribution >= 4 is 27.5 Å². The van der Waals surface area contributed by atoms with Gasteiger partial charge in [0.1, 0.15) is 5.82 Å². The highest BCUT2D eigenvalue weighted by atomic mass is 32.2. The van der Waals surface area contributed by atoms with Crippen LogP contribution in [0.4, 0.5) is 10.1 Å². The largest absolute Gasteiger partial charge is 0.504 e. The molecule has 0 fully saturated rings. The predicted molar refractivity (Wildman–Crippen MR) is 124 cm³/mol. The molecule has 35 heavy (non-hydrogen) atoms. The van der Waals surface area contributed by atoms with E-state index in [-0.39, 0.29) is 21.8 Å². The molecule has 0 radical (unpaired) electrons. The molecule has 0 aliphatic carbocycles. The van der Waals surface area contributed by atoms with Crippen LogP contribution >= 0.6 is 0 Å². The Morgan fingerprint density at radius 1 is 0.886 bits per heavy atom. The lowest BCUT2D eigenvalue weighted by molar-refractivity contribution is 0.0842. The van der Waals surface area contributed by atoms with Crippen molar-refractivity contribution in [2.45, 2.75) is 4.90 Å². The number of carbonyl (C=O) groups is 2. The number of rotatable bonds is 6. The van der Waals surface area contributed by atoms with Crippen molar-refractivity contribution in [3.63, 3.8) is 0 Å². The van der Waals surface area contributed by atoms with Gasteiger partial charge in [0.05, 0.1) is 22.5 Å². The van der Waals surface area contributed by atoms with Crippen molar-refractivity contribution < 1.29 is 27.5 Å². The minimum Gasteiger partial charge on any atom is -0.504 e. The summed E-state index contributed by atoms with van der Waals surface area (Å²) in [5.41, 5.74) is 4.18. The van der Waals surface area contributed by atoms with Crippen LogP contribution in [0.1, 0.15) is 20.8 Å². The van der Waals surface area contributed by atoms with Crippen LogP contribution in [-0.2, 0) is 10.0 Å². The Bertz CT molecular complexity index is 1510. The minimum absolute atomic E-state index is 0.0965. The highest BCUT2D eigenvalue weighted by Gasteiger charge is 2.20. The van der Waals surface area contributed by atoms with E-state index in [1.807, 2.05) is 0 Å². The van der Waals surface area contributed by atoms with E-state index in [0.717, 1.165) is 12.1 Å². The molecule has 3 aromatic carbocycles. The van der Waals surface area contributed by atoms with Gasteiger partial charge in [-0.15, -0.1) is 0 Å². The summed E-state index contributed by atoms with van der Waals surface area (Å²) in [5, 5.41) is 14.1. The third-order valence-corrected chi connectivity index (χ3v) is 6.11. The SMILES string of the molecule is O=C(NNC(=O)c1nn(-c2ccccc2)cc1O)c1cccc(S(=O)(=O)Nc2ccccc2F)c1. The summed E-state index contributed by atoms with van der Waals surface area (Å²) >= 11 is 0. The number of halogens is 1. The van der Waals surface area contributed by atoms with Gasteiger partial charge in [-0.2, -0.15) is 5.10 Å². The van der Waals surface area contributed by atoms with E-state index >= 15 is 0 Å². The number of hydrazine groups is 1. The maximum Gasteiger partial charge on any atom is 0.294 e. The van der Waals surface area contributed by atoms with Gasteiger partial charge in [-0.1, -0.05) is 36.4 Å². The van der Waals surface area contributed by atoms with Crippen molar-refractivity contribution in [3.05, 3.63) is 102 Å². The van der Waals surface area contributed by atoms with Crippen molar-refractivity contribution in [2.24, 2.45) is 0 Å². The zero-order valence-electron chi connectivity index (χ0n) is 17.8. The molecular formula is C23H18FN5O5S. The second-order valence-electron chi connectivity index (χ2n) is 7.16. The molecule has 0 atom stereocenters. The molecule has 0 saturated heterocycles. The van der Waals surface area contributed by atoms with Crippen LogP contribution < -0.4 is 15.6 Å². The second-order valence-corrected chi connectivity index (χ2v) is 8.85. The molecule has 12 heteroatoms. The first kappa shape index (κ1) is 23.4. The monoisotopic (exact) mass is 495 g/mol. The number of nitrogens with zero attached hydrogens (tertiary/aromatic N) is 2.